The van der Waals surface area contributed by atoms with Crippen molar-refractivity contribution in [3.05, 3.63) is 35.0 Å². The summed E-state index contributed by atoms with van der Waals surface area (Å²) in [6, 6.07) is 1.75. The van der Waals surface area contributed by atoms with E-state index in [0.717, 1.165) is 17.0 Å². The van der Waals surface area contributed by atoms with E-state index in [0.29, 0.717) is 31.9 Å². The van der Waals surface area contributed by atoms with Crippen LogP contribution in [0, 0.1) is 13.8 Å². The van der Waals surface area contributed by atoms with Crippen LogP contribution in [-0.4, -0.2) is 45.9 Å². The van der Waals surface area contributed by atoms with Gasteiger partial charge in [-0.2, -0.15) is 5.10 Å². The highest BCUT2D eigenvalue weighted by Crippen LogP contribution is 2.24. The van der Waals surface area contributed by atoms with Crippen LogP contribution in [0.3, 0.4) is 0 Å². The monoisotopic (exact) mass is 290 g/mol. The van der Waals surface area contributed by atoms with Crippen LogP contribution in [0.2, 0.25) is 0 Å². The van der Waals surface area contributed by atoms with E-state index in [1.165, 1.54) is 0 Å². The number of rotatable bonds is 3. The van der Waals surface area contributed by atoms with Gasteiger partial charge in [0.2, 0.25) is 5.91 Å². The van der Waals surface area contributed by atoms with Gasteiger partial charge in [0.1, 0.15) is 5.76 Å². The third-order valence-corrected chi connectivity index (χ3v) is 3.84. The van der Waals surface area contributed by atoms with Gasteiger partial charge in [0.15, 0.2) is 0 Å². The molecule has 0 spiro atoms. The number of H-pyrrole nitrogens is 1. The molecule has 1 N–H and O–H groups in total. The molecular weight excluding hydrogens is 272 g/mol. The lowest BCUT2D eigenvalue weighted by Gasteiger charge is -2.35. The van der Waals surface area contributed by atoms with Gasteiger partial charge in [-0.1, -0.05) is 5.16 Å². The fourth-order valence-electron chi connectivity index (χ4n) is 2.62. The molecule has 0 radical (unpaired) electrons. The van der Waals surface area contributed by atoms with Gasteiger partial charge in [-0.05, 0) is 19.9 Å². The molecule has 1 aliphatic rings. The summed E-state index contributed by atoms with van der Waals surface area (Å²) in [6.45, 7) is 5.29. The zero-order valence-corrected chi connectivity index (χ0v) is 12.1. The molecule has 2 aromatic heterocycles. The lowest BCUT2D eigenvalue weighted by Crippen LogP contribution is -2.44. The molecule has 0 aliphatic carbocycles. The first-order valence-electron chi connectivity index (χ1n) is 6.95. The topological polar surface area (TPSA) is 84.2 Å². The summed E-state index contributed by atoms with van der Waals surface area (Å²) in [5.74, 6) is 0.750. The number of morpholine rings is 1. The highest BCUT2D eigenvalue weighted by Gasteiger charge is 2.30. The number of nitrogens with zero attached hydrogens (tertiary/aromatic N) is 3. The van der Waals surface area contributed by atoms with Gasteiger partial charge in [0.05, 0.1) is 37.1 Å². The normalized spacial score (nSPS) is 19.0. The van der Waals surface area contributed by atoms with Crippen LogP contribution in [0.1, 0.15) is 28.8 Å². The molecule has 1 aliphatic heterocycles. The highest BCUT2D eigenvalue weighted by atomic mass is 16.5. The van der Waals surface area contributed by atoms with Gasteiger partial charge in [-0.25, -0.2) is 0 Å². The van der Waals surface area contributed by atoms with Crippen molar-refractivity contribution in [2.45, 2.75) is 26.3 Å². The smallest absolute Gasteiger partial charge is 0.227 e. The number of aromatic nitrogens is 3. The average Bonchev–Trinajstić information content (AvgIpc) is 3.13. The zero-order valence-electron chi connectivity index (χ0n) is 12.1. The second kappa shape index (κ2) is 5.69. The number of nitrogens with one attached hydrogen (secondary N) is 1. The number of hydrogen-bond donors (Lipinski definition) is 1. The third kappa shape index (κ3) is 2.69. The Hall–Kier alpha value is -2.15. The molecule has 0 unspecified atom stereocenters. The Morgan fingerprint density at radius 3 is 3.05 bits per heavy atom. The van der Waals surface area contributed by atoms with E-state index in [1.807, 2.05) is 24.8 Å². The molecule has 3 heterocycles. The van der Waals surface area contributed by atoms with E-state index in [9.17, 15) is 4.79 Å². The Kier molecular flexibility index (Phi) is 3.74. The van der Waals surface area contributed by atoms with Crippen molar-refractivity contribution in [3.63, 3.8) is 0 Å². The maximum Gasteiger partial charge on any atom is 0.227 e. The molecular formula is C14H18N4O3. The Bertz CT molecular complexity index is 601. The summed E-state index contributed by atoms with van der Waals surface area (Å²) >= 11 is 0. The molecule has 1 fully saturated rings. The third-order valence-electron chi connectivity index (χ3n) is 3.84. The lowest BCUT2D eigenvalue weighted by atomic mass is 10.1. The number of carbonyl (C=O) groups excluding carboxylic acids is 1. The minimum atomic E-state index is -0.116. The van der Waals surface area contributed by atoms with Crippen LogP contribution < -0.4 is 0 Å². The second-order valence-electron chi connectivity index (χ2n) is 5.17. The molecule has 2 aromatic rings. The van der Waals surface area contributed by atoms with Gasteiger partial charge in [0, 0.05) is 18.3 Å². The average molecular weight is 290 g/mol. The van der Waals surface area contributed by atoms with Crippen LogP contribution in [0.4, 0.5) is 0 Å². The SMILES string of the molecule is Cc1noc(C)c1CC(=O)N1CCOC[C@@H]1c1ccn[nH]1. The fourth-order valence-corrected chi connectivity index (χ4v) is 2.62. The van der Waals surface area contributed by atoms with Gasteiger partial charge in [-0.15, -0.1) is 0 Å². The van der Waals surface area contributed by atoms with Crippen molar-refractivity contribution in [2.24, 2.45) is 0 Å². The van der Waals surface area contributed by atoms with Crippen molar-refractivity contribution < 1.29 is 14.1 Å². The Labute approximate surface area is 122 Å². The van der Waals surface area contributed by atoms with E-state index in [2.05, 4.69) is 15.4 Å². The Morgan fingerprint density at radius 2 is 2.38 bits per heavy atom. The first-order chi connectivity index (χ1) is 10.2. The lowest BCUT2D eigenvalue weighted by molar-refractivity contribution is -0.139. The summed E-state index contributed by atoms with van der Waals surface area (Å²) in [7, 11) is 0. The van der Waals surface area contributed by atoms with Crippen LogP contribution in [-0.2, 0) is 16.0 Å². The first kappa shape index (κ1) is 13.8. The summed E-state index contributed by atoms with van der Waals surface area (Å²) in [5.41, 5.74) is 2.53. The predicted molar refractivity (Wildman–Crippen MR) is 73.5 cm³/mol. The molecule has 7 heteroatoms. The van der Waals surface area contributed by atoms with E-state index in [4.69, 9.17) is 9.26 Å². The van der Waals surface area contributed by atoms with Crippen molar-refractivity contribution >= 4 is 5.91 Å². The summed E-state index contributed by atoms with van der Waals surface area (Å²) in [4.78, 5) is 14.5. The first-order valence-corrected chi connectivity index (χ1v) is 6.95. The molecule has 0 aromatic carbocycles. The summed E-state index contributed by atoms with van der Waals surface area (Å²) in [6.07, 6.45) is 1.98. The zero-order chi connectivity index (χ0) is 14.8. The van der Waals surface area contributed by atoms with Gasteiger partial charge >= 0.3 is 0 Å². The Balaban J connectivity index is 1.79. The van der Waals surface area contributed by atoms with Gasteiger partial charge < -0.3 is 14.2 Å². The van der Waals surface area contributed by atoms with E-state index in [-0.39, 0.29) is 11.9 Å². The number of carbonyl (C=O) groups is 1. The number of aryl methyl sites for hydroxylation is 2. The standard InChI is InChI=1S/C14H18N4O3/c1-9-11(10(2)21-17-9)7-14(19)18-5-6-20-8-13(18)12-3-4-15-16-12/h3-4,13H,5-8H2,1-2H3,(H,15,16)/t13-/m1/s1. The quantitative estimate of drug-likeness (QED) is 0.917. The van der Waals surface area contributed by atoms with Crippen molar-refractivity contribution in [1.82, 2.24) is 20.3 Å². The molecule has 112 valence electrons. The maximum absolute atomic E-state index is 12.6. The maximum atomic E-state index is 12.6. The highest BCUT2D eigenvalue weighted by molar-refractivity contribution is 5.79. The molecule has 1 amide bonds. The number of amides is 1. The van der Waals surface area contributed by atoms with E-state index < -0.39 is 0 Å². The molecule has 1 atom stereocenters. The minimum Gasteiger partial charge on any atom is -0.377 e. The molecule has 0 bridgehead atoms. The Morgan fingerprint density at radius 1 is 1.52 bits per heavy atom. The van der Waals surface area contributed by atoms with E-state index >= 15 is 0 Å². The second-order valence-corrected chi connectivity index (χ2v) is 5.17. The van der Waals surface area contributed by atoms with Crippen molar-refractivity contribution in [2.75, 3.05) is 19.8 Å². The number of aromatic amines is 1. The predicted octanol–water partition coefficient (Wildman–Crippen LogP) is 1.16. The van der Waals surface area contributed by atoms with Crippen molar-refractivity contribution in [3.8, 4) is 0 Å². The molecule has 0 saturated carbocycles. The fraction of sp³-hybridized carbons (Fsp3) is 0.500. The van der Waals surface area contributed by atoms with Gasteiger partial charge in [-0.3, -0.25) is 9.89 Å². The number of hydrogen-bond acceptors (Lipinski definition) is 5. The molecule has 21 heavy (non-hydrogen) atoms. The molecule has 3 rings (SSSR count). The van der Waals surface area contributed by atoms with Crippen LogP contribution in [0.5, 0.6) is 0 Å². The molecule has 1 saturated heterocycles. The van der Waals surface area contributed by atoms with Crippen LogP contribution in [0.15, 0.2) is 16.8 Å². The van der Waals surface area contributed by atoms with E-state index in [1.54, 1.807) is 6.20 Å². The van der Waals surface area contributed by atoms with Crippen LogP contribution in [0.25, 0.3) is 0 Å². The largest absolute Gasteiger partial charge is 0.377 e. The minimum absolute atomic E-state index is 0.0484. The number of ether oxygens (including phenoxy) is 1. The summed E-state index contributed by atoms with van der Waals surface area (Å²) in [5, 5.41) is 10.8. The van der Waals surface area contributed by atoms with Gasteiger partial charge in [0.25, 0.3) is 0 Å². The summed E-state index contributed by atoms with van der Waals surface area (Å²) < 4.78 is 10.6. The van der Waals surface area contributed by atoms with Crippen molar-refractivity contribution in [1.29, 1.82) is 0 Å². The molecule has 7 nitrogen and oxygen atoms in total. The van der Waals surface area contributed by atoms with Crippen LogP contribution >= 0.6 is 0 Å².